The highest BCUT2D eigenvalue weighted by atomic mass is 35.5. The summed E-state index contributed by atoms with van der Waals surface area (Å²) in [6, 6.07) is 15.6. The largest absolute Gasteiger partial charge is 0.322 e. The van der Waals surface area contributed by atoms with Gasteiger partial charge in [0.15, 0.2) is 0 Å². The van der Waals surface area contributed by atoms with Crippen molar-refractivity contribution in [2.24, 2.45) is 0 Å². The van der Waals surface area contributed by atoms with Crippen LogP contribution in [0.25, 0.3) is 0 Å². The van der Waals surface area contributed by atoms with Crippen LogP contribution < -0.4 is 10.0 Å². The maximum absolute atomic E-state index is 12.4. The molecule has 3 aromatic rings. The molecule has 2 aromatic carbocycles. The first-order valence-corrected chi connectivity index (χ1v) is 9.40. The van der Waals surface area contributed by atoms with Crippen LogP contribution in [-0.4, -0.2) is 19.3 Å². The van der Waals surface area contributed by atoms with Crippen LogP contribution >= 0.6 is 11.6 Å². The summed E-state index contributed by atoms with van der Waals surface area (Å²) in [5, 5.41) is 3.15. The Bertz CT molecular complexity index is 1020. The van der Waals surface area contributed by atoms with Crippen molar-refractivity contribution in [1.29, 1.82) is 0 Å². The second-order valence-corrected chi connectivity index (χ2v) is 7.45. The average molecular weight is 388 g/mol. The number of aromatic nitrogens is 1. The molecule has 2 N–H and O–H groups in total. The smallest absolute Gasteiger partial charge is 0.261 e. The number of pyridine rings is 1. The number of sulfonamides is 1. The lowest BCUT2D eigenvalue weighted by molar-refractivity contribution is 0.102. The van der Waals surface area contributed by atoms with E-state index < -0.39 is 10.0 Å². The number of hydrogen-bond donors (Lipinski definition) is 2. The van der Waals surface area contributed by atoms with E-state index in [0.29, 0.717) is 22.0 Å². The van der Waals surface area contributed by atoms with Gasteiger partial charge in [-0.1, -0.05) is 17.7 Å². The van der Waals surface area contributed by atoms with Gasteiger partial charge in [-0.05, 0) is 54.6 Å². The Morgan fingerprint density at radius 2 is 1.73 bits per heavy atom. The molecule has 1 aromatic heterocycles. The summed E-state index contributed by atoms with van der Waals surface area (Å²) < 4.78 is 27.1. The van der Waals surface area contributed by atoms with Gasteiger partial charge in [-0.2, -0.15) is 0 Å². The molecule has 0 saturated heterocycles. The molecule has 26 heavy (non-hydrogen) atoms. The summed E-state index contributed by atoms with van der Waals surface area (Å²) in [6.45, 7) is 0. The fraction of sp³-hybridized carbons (Fsp3) is 0. The molecule has 0 unspecified atom stereocenters. The molecule has 8 heteroatoms. The molecule has 0 fully saturated rings. The molecule has 0 spiro atoms. The van der Waals surface area contributed by atoms with Crippen LogP contribution in [0.4, 0.5) is 11.4 Å². The van der Waals surface area contributed by atoms with Crippen LogP contribution in [0.3, 0.4) is 0 Å². The normalized spacial score (nSPS) is 11.0. The van der Waals surface area contributed by atoms with Gasteiger partial charge in [0.25, 0.3) is 15.9 Å². The molecule has 132 valence electrons. The molecule has 0 saturated carbocycles. The minimum atomic E-state index is -3.74. The molecule has 0 aliphatic rings. The van der Waals surface area contributed by atoms with Crippen molar-refractivity contribution in [3.63, 3.8) is 0 Å². The van der Waals surface area contributed by atoms with Gasteiger partial charge in [0, 0.05) is 22.5 Å². The molecule has 1 amide bonds. The van der Waals surface area contributed by atoms with Gasteiger partial charge in [0.05, 0.1) is 16.8 Å². The lowest BCUT2D eigenvalue weighted by atomic mass is 10.2. The Balaban J connectivity index is 1.73. The molecule has 0 aliphatic carbocycles. The van der Waals surface area contributed by atoms with Crippen LogP contribution in [0.2, 0.25) is 5.02 Å². The Labute approximate surface area is 155 Å². The van der Waals surface area contributed by atoms with Gasteiger partial charge in [-0.3, -0.25) is 14.5 Å². The summed E-state index contributed by atoms with van der Waals surface area (Å²) >= 11 is 5.87. The van der Waals surface area contributed by atoms with E-state index in [4.69, 9.17) is 11.6 Å². The summed E-state index contributed by atoms with van der Waals surface area (Å²) in [4.78, 5) is 16.1. The van der Waals surface area contributed by atoms with Crippen LogP contribution in [-0.2, 0) is 10.0 Å². The quantitative estimate of drug-likeness (QED) is 0.697. The first-order chi connectivity index (χ1) is 12.4. The van der Waals surface area contributed by atoms with E-state index in [1.54, 1.807) is 42.6 Å². The van der Waals surface area contributed by atoms with Crippen LogP contribution in [0, 0.1) is 0 Å². The molecule has 1 heterocycles. The van der Waals surface area contributed by atoms with E-state index in [1.807, 2.05) is 0 Å². The highest BCUT2D eigenvalue weighted by Crippen LogP contribution is 2.19. The van der Waals surface area contributed by atoms with Gasteiger partial charge in [-0.25, -0.2) is 8.42 Å². The molecule has 3 rings (SSSR count). The zero-order valence-corrected chi connectivity index (χ0v) is 15.0. The molecular formula is C18H14ClN3O3S. The van der Waals surface area contributed by atoms with Crippen LogP contribution in [0.15, 0.2) is 78.0 Å². The highest BCUT2D eigenvalue weighted by molar-refractivity contribution is 7.92. The van der Waals surface area contributed by atoms with Gasteiger partial charge in [-0.15, -0.1) is 0 Å². The Kier molecular flexibility index (Phi) is 5.20. The Morgan fingerprint density at radius 1 is 0.962 bits per heavy atom. The number of rotatable bonds is 5. The number of nitrogens with zero attached hydrogens (tertiary/aromatic N) is 1. The summed E-state index contributed by atoms with van der Waals surface area (Å²) in [5.74, 6) is -0.336. The predicted octanol–water partition coefficient (Wildman–Crippen LogP) is 3.79. The molecule has 6 nitrogen and oxygen atoms in total. The third-order valence-corrected chi connectivity index (χ3v) is 5.06. The maximum Gasteiger partial charge on any atom is 0.261 e. The standard InChI is InChI=1S/C18H14ClN3O3S/c19-14-4-1-3-13(11-14)18(23)21-15-6-8-17(9-7-15)26(24,25)22-16-5-2-10-20-12-16/h1-12,22H,(H,21,23). The maximum atomic E-state index is 12.4. The van der Waals surface area contributed by atoms with Gasteiger partial charge in [0.1, 0.15) is 0 Å². The van der Waals surface area contributed by atoms with E-state index in [2.05, 4.69) is 15.0 Å². The summed E-state index contributed by atoms with van der Waals surface area (Å²) in [5.41, 5.74) is 1.24. The fourth-order valence-corrected chi connectivity index (χ4v) is 3.42. The van der Waals surface area contributed by atoms with Gasteiger partial charge >= 0.3 is 0 Å². The summed E-state index contributed by atoms with van der Waals surface area (Å²) in [7, 11) is -3.74. The van der Waals surface area contributed by atoms with Crippen molar-refractivity contribution < 1.29 is 13.2 Å². The topological polar surface area (TPSA) is 88.2 Å². The molecule has 0 aliphatic heterocycles. The SMILES string of the molecule is O=C(Nc1ccc(S(=O)(=O)Nc2cccnc2)cc1)c1cccc(Cl)c1. The number of benzene rings is 2. The minimum absolute atomic E-state index is 0.0714. The van der Waals surface area contributed by atoms with E-state index in [1.165, 1.54) is 30.5 Å². The lowest BCUT2D eigenvalue weighted by Crippen LogP contribution is -2.14. The highest BCUT2D eigenvalue weighted by Gasteiger charge is 2.14. The minimum Gasteiger partial charge on any atom is -0.322 e. The van der Waals surface area contributed by atoms with E-state index in [0.717, 1.165) is 0 Å². The van der Waals surface area contributed by atoms with Crippen molar-refractivity contribution in [1.82, 2.24) is 4.98 Å². The molecular weight excluding hydrogens is 374 g/mol. The van der Waals surface area contributed by atoms with E-state index in [-0.39, 0.29) is 10.8 Å². The number of carbonyl (C=O) groups is 1. The Morgan fingerprint density at radius 3 is 2.38 bits per heavy atom. The number of carbonyl (C=O) groups excluding carboxylic acids is 1. The molecule has 0 radical (unpaired) electrons. The van der Waals surface area contributed by atoms with Crippen molar-refractivity contribution in [3.8, 4) is 0 Å². The predicted molar refractivity (Wildman–Crippen MR) is 101 cm³/mol. The van der Waals surface area contributed by atoms with E-state index in [9.17, 15) is 13.2 Å². The number of amides is 1. The first kappa shape index (κ1) is 17.9. The third kappa shape index (κ3) is 4.38. The summed E-state index contributed by atoms with van der Waals surface area (Å²) in [6.07, 6.45) is 2.96. The lowest BCUT2D eigenvalue weighted by Gasteiger charge is -2.09. The van der Waals surface area contributed by atoms with Crippen molar-refractivity contribution in [3.05, 3.63) is 83.6 Å². The first-order valence-electron chi connectivity index (χ1n) is 7.54. The van der Waals surface area contributed by atoms with Crippen LogP contribution in [0.5, 0.6) is 0 Å². The van der Waals surface area contributed by atoms with Crippen molar-refractivity contribution in [2.75, 3.05) is 10.0 Å². The molecule has 0 atom stereocenters. The van der Waals surface area contributed by atoms with Crippen molar-refractivity contribution in [2.45, 2.75) is 4.90 Å². The zero-order valence-electron chi connectivity index (χ0n) is 13.4. The number of anilines is 2. The number of hydrogen-bond acceptors (Lipinski definition) is 4. The monoisotopic (exact) mass is 387 g/mol. The zero-order chi connectivity index (χ0) is 18.6. The second kappa shape index (κ2) is 7.55. The average Bonchev–Trinajstić information content (AvgIpc) is 2.62. The van der Waals surface area contributed by atoms with E-state index >= 15 is 0 Å². The van der Waals surface area contributed by atoms with Gasteiger partial charge < -0.3 is 5.32 Å². The fourth-order valence-electron chi connectivity index (χ4n) is 2.19. The second-order valence-electron chi connectivity index (χ2n) is 5.34. The Hall–Kier alpha value is -2.90. The number of nitrogens with one attached hydrogen (secondary N) is 2. The van der Waals surface area contributed by atoms with Crippen molar-refractivity contribution >= 4 is 38.9 Å². The molecule has 0 bridgehead atoms. The van der Waals surface area contributed by atoms with Crippen LogP contribution in [0.1, 0.15) is 10.4 Å². The third-order valence-electron chi connectivity index (χ3n) is 3.42. The van der Waals surface area contributed by atoms with Gasteiger partial charge in [0.2, 0.25) is 0 Å². The number of halogens is 1.